The molecule has 0 bridgehead atoms. The molecule has 8 nitrogen and oxygen atoms in total. The second kappa shape index (κ2) is 9.94. The Hall–Kier alpha value is -3.04. The highest BCUT2D eigenvalue weighted by Crippen LogP contribution is 2.18. The van der Waals surface area contributed by atoms with Gasteiger partial charge < -0.3 is 16.4 Å². The van der Waals surface area contributed by atoms with E-state index in [0.717, 1.165) is 16.1 Å². The van der Waals surface area contributed by atoms with E-state index in [4.69, 9.17) is 5.73 Å². The molecular weight excluding hydrogens is 386 g/mol. The lowest BCUT2D eigenvalue weighted by molar-refractivity contribution is -0.122. The monoisotopic (exact) mass is 411 g/mol. The van der Waals surface area contributed by atoms with Crippen LogP contribution in [0.2, 0.25) is 0 Å². The average molecular weight is 412 g/mol. The Morgan fingerprint density at radius 3 is 2.72 bits per heavy atom. The van der Waals surface area contributed by atoms with E-state index < -0.39 is 0 Å². The van der Waals surface area contributed by atoms with Crippen molar-refractivity contribution in [1.82, 2.24) is 25.2 Å². The second-order valence-corrected chi connectivity index (χ2v) is 7.56. The minimum absolute atomic E-state index is 0.0412. The van der Waals surface area contributed by atoms with Crippen LogP contribution in [0.3, 0.4) is 0 Å². The fourth-order valence-electron chi connectivity index (χ4n) is 2.74. The van der Waals surface area contributed by atoms with Crippen molar-refractivity contribution >= 4 is 34.8 Å². The van der Waals surface area contributed by atoms with Gasteiger partial charge in [0, 0.05) is 10.6 Å². The molecule has 0 aliphatic rings. The van der Waals surface area contributed by atoms with Crippen LogP contribution in [0, 0.1) is 6.92 Å². The normalized spacial score (nSPS) is 10.9. The minimum atomic E-state index is -0.0412. The molecule has 0 aliphatic carbocycles. The van der Waals surface area contributed by atoms with Crippen LogP contribution in [-0.2, 0) is 17.9 Å². The molecule has 0 saturated carbocycles. The van der Waals surface area contributed by atoms with Crippen molar-refractivity contribution in [2.24, 2.45) is 0 Å². The van der Waals surface area contributed by atoms with Crippen LogP contribution in [0.15, 0.2) is 41.8 Å². The van der Waals surface area contributed by atoms with Gasteiger partial charge in [0.1, 0.15) is 5.82 Å². The number of anilines is 3. The minimum Gasteiger partial charge on any atom is -0.368 e. The van der Waals surface area contributed by atoms with Gasteiger partial charge in [0.2, 0.25) is 17.8 Å². The summed E-state index contributed by atoms with van der Waals surface area (Å²) < 4.78 is 0. The lowest BCUT2D eigenvalue weighted by Crippen LogP contribution is -2.36. The molecule has 9 heteroatoms. The zero-order valence-corrected chi connectivity index (χ0v) is 17.4. The third kappa shape index (κ3) is 6.23. The lowest BCUT2D eigenvalue weighted by atomic mass is 10.2. The Morgan fingerprint density at radius 1 is 1.17 bits per heavy atom. The number of thiophene rings is 1. The largest absolute Gasteiger partial charge is 0.368 e. The van der Waals surface area contributed by atoms with Crippen molar-refractivity contribution in [1.29, 1.82) is 0 Å². The Bertz CT molecular complexity index is 946. The van der Waals surface area contributed by atoms with E-state index in [2.05, 4.69) is 25.6 Å². The quantitative estimate of drug-likeness (QED) is 0.497. The summed E-state index contributed by atoms with van der Waals surface area (Å²) in [5.41, 5.74) is 7.85. The van der Waals surface area contributed by atoms with Crippen molar-refractivity contribution in [2.45, 2.75) is 26.9 Å². The fraction of sp³-hybridized carbons (Fsp3) is 0.300. The maximum absolute atomic E-state index is 12.3. The van der Waals surface area contributed by atoms with Crippen LogP contribution >= 0.6 is 11.3 Å². The van der Waals surface area contributed by atoms with Crippen LogP contribution in [0.5, 0.6) is 0 Å². The zero-order valence-electron chi connectivity index (χ0n) is 16.6. The van der Waals surface area contributed by atoms with E-state index in [1.807, 2.05) is 60.5 Å². The van der Waals surface area contributed by atoms with Gasteiger partial charge in [-0.25, -0.2) is 0 Å². The van der Waals surface area contributed by atoms with Crippen molar-refractivity contribution < 1.29 is 4.79 Å². The highest BCUT2D eigenvalue weighted by atomic mass is 32.1. The van der Waals surface area contributed by atoms with Crippen molar-refractivity contribution in [3.05, 3.63) is 58.0 Å². The molecule has 2 aromatic heterocycles. The Kier molecular flexibility index (Phi) is 7.09. The van der Waals surface area contributed by atoms with Gasteiger partial charge in [-0.2, -0.15) is 15.0 Å². The summed E-state index contributed by atoms with van der Waals surface area (Å²) in [5.74, 6) is 1.01. The Morgan fingerprint density at radius 2 is 2.00 bits per heavy atom. The number of nitrogen functional groups attached to an aromatic ring is 1. The molecule has 2 heterocycles. The number of benzene rings is 1. The molecular formula is C20H25N7OS. The summed E-state index contributed by atoms with van der Waals surface area (Å²) in [5, 5.41) is 8.11. The third-order valence-electron chi connectivity index (χ3n) is 4.31. The topological polar surface area (TPSA) is 109 Å². The van der Waals surface area contributed by atoms with Gasteiger partial charge in [-0.15, -0.1) is 11.3 Å². The van der Waals surface area contributed by atoms with E-state index in [1.165, 1.54) is 0 Å². The fourth-order valence-corrected chi connectivity index (χ4v) is 3.38. The van der Waals surface area contributed by atoms with Crippen molar-refractivity contribution in [2.75, 3.05) is 24.1 Å². The molecule has 29 heavy (non-hydrogen) atoms. The van der Waals surface area contributed by atoms with Crippen LogP contribution in [0.4, 0.5) is 17.6 Å². The Labute approximate surface area is 174 Å². The van der Waals surface area contributed by atoms with Gasteiger partial charge >= 0.3 is 0 Å². The molecule has 4 N–H and O–H groups in total. The molecule has 0 aliphatic heterocycles. The van der Waals surface area contributed by atoms with Crippen molar-refractivity contribution in [3.8, 4) is 0 Å². The summed E-state index contributed by atoms with van der Waals surface area (Å²) in [4.78, 5) is 28.2. The summed E-state index contributed by atoms with van der Waals surface area (Å²) in [6.45, 7) is 5.87. The number of nitrogens with two attached hydrogens (primary N) is 1. The number of likely N-dealkylation sites (N-methyl/N-ethyl adjacent to an activating group) is 1. The van der Waals surface area contributed by atoms with Crippen LogP contribution in [-0.4, -0.2) is 38.8 Å². The molecule has 0 radical (unpaired) electrons. The summed E-state index contributed by atoms with van der Waals surface area (Å²) >= 11 is 1.62. The van der Waals surface area contributed by atoms with E-state index >= 15 is 0 Å². The first kappa shape index (κ1) is 20.7. The molecule has 0 saturated heterocycles. The SMILES string of the molecule is CCN(CC(=O)NCc1cccs1)Cc1nc(N)nc(Nc2ccccc2C)n1. The van der Waals surface area contributed by atoms with Gasteiger partial charge in [0.25, 0.3) is 0 Å². The number of aryl methyl sites for hydroxylation is 1. The number of hydrogen-bond acceptors (Lipinski definition) is 8. The van der Waals surface area contributed by atoms with Crippen LogP contribution in [0.1, 0.15) is 23.2 Å². The highest BCUT2D eigenvalue weighted by molar-refractivity contribution is 7.09. The lowest BCUT2D eigenvalue weighted by Gasteiger charge is -2.19. The summed E-state index contributed by atoms with van der Waals surface area (Å²) in [6, 6.07) is 11.8. The standard InChI is InChI=1S/C20H25N7OS/c1-3-27(13-18(28)22-11-15-8-6-10-29-15)12-17-24-19(21)26-20(25-17)23-16-9-5-4-7-14(16)2/h4-10H,3,11-13H2,1-2H3,(H,22,28)(H3,21,23,24,25,26). The number of hydrogen-bond donors (Lipinski definition) is 3. The second-order valence-electron chi connectivity index (χ2n) is 6.53. The number of para-hydroxylation sites is 1. The van der Waals surface area contributed by atoms with Gasteiger partial charge in [-0.05, 0) is 36.5 Å². The molecule has 3 rings (SSSR count). The van der Waals surface area contributed by atoms with Gasteiger partial charge in [-0.1, -0.05) is 31.2 Å². The molecule has 0 unspecified atom stereocenters. The first-order valence-corrected chi connectivity index (χ1v) is 10.3. The maximum atomic E-state index is 12.3. The van der Waals surface area contributed by atoms with E-state index in [1.54, 1.807) is 11.3 Å². The molecule has 1 aromatic carbocycles. The van der Waals surface area contributed by atoms with Gasteiger partial charge in [-0.3, -0.25) is 9.69 Å². The number of amides is 1. The number of nitrogens with one attached hydrogen (secondary N) is 2. The van der Waals surface area contributed by atoms with E-state index in [9.17, 15) is 4.79 Å². The van der Waals surface area contributed by atoms with E-state index in [-0.39, 0.29) is 18.4 Å². The van der Waals surface area contributed by atoms with Crippen LogP contribution in [0.25, 0.3) is 0 Å². The summed E-state index contributed by atoms with van der Waals surface area (Å²) in [6.07, 6.45) is 0. The number of aromatic nitrogens is 3. The number of carbonyl (C=O) groups is 1. The van der Waals surface area contributed by atoms with Crippen LogP contribution < -0.4 is 16.4 Å². The van der Waals surface area contributed by atoms with Crippen molar-refractivity contribution in [3.63, 3.8) is 0 Å². The Balaban J connectivity index is 1.62. The molecule has 0 spiro atoms. The molecule has 0 atom stereocenters. The first-order valence-electron chi connectivity index (χ1n) is 9.38. The average Bonchev–Trinajstić information content (AvgIpc) is 3.21. The number of nitrogens with zero attached hydrogens (tertiary/aromatic N) is 4. The smallest absolute Gasteiger partial charge is 0.234 e. The molecule has 0 fully saturated rings. The maximum Gasteiger partial charge on any atom is 0.234 e. The molecule has 1 amide bonds. The first-order chi connectivity index (χ1) is 14.0. The predicted molar refractivity (Wildman–Crippen MR) is 116 cm³/mol. The highest BCUT2D eigenvalue weighted by Gasteiger charge is 2.13. The third-order valence-corrected chi connectivity index (χ3v) is 5.19. The number of rotatable bonds is 9. The van der Waals surface area contributed by atoms with Gasteiger partial charge in [0.15, 0.2) is 0 Å². The summed E-state index contributed by atoms with van der Waals surface area (Å²) in [7, 11) is 0. The zero-order chi connectivity index (χ0) is 20.6. The predicted octanol–water partition coefficient (Wildman–Crippen LogP) is 2.71. The van der Waals surface area contributed by atoms with Gasteiger partial charge in [0.05, 0.1) is 19.6 Å². The molecule has 152 valence electrons. The van der Waals surface area contributed by atoms with E-state index in [0.29, 0.717) is 31.4 Å². The molecule has 3 aromatic rings. The number of carbonyl (C=O) groups excluding carboxylic acids is 1.